The third kappa shape index (κ3) is 3.07. The number of carbonyl (C=O) groups is 1. The largest absolute Gasteiger partial charge is 0.476 e. The number of rotatable bonds is 4. The first-order chi connectivity index (χ1) is 11.4. The fourth-order valence-electron chi connectivity index (χ4n) is 2.34. The molecule has 0 atom stereocenters. The van der Waals surface area contributed by atoms with E-state index in [9.17, 15) is 18.3 Å². The van der Waals surface area contributed by atoms with Gasteiger partial charge in [0.2, 0.25) is 0 Å². The molecule has 24 heavy (non-hydrogen) atoms. The van der Waals surface area contributed by atoms with Gasteiger partial charge < -0.3 is 5.11 Å². The summed E-state index contributed by atoms with van der Waals surface area (Å²) in [6, 6.07) is 15.2. The van der Waals surface area contributed by atoms with Crippen molar-refractivity contribution < 1.29 is 18.3 Å². The highest BCUT2D eigenvalue weighted by atomic mass is 32.2. The molecule has 1 aromatic heterocycles. The highest BCUT2D eigenvalue weighted by molar-refractivity contribution is 7.90. The van der Waals surface area contributed by atoms with Crippen molar-refractivity contribution in [2.45, 2.75) is 4.90 Å². The Morgan fingerprint density at radius 2 is 1.67 bits per heavy atom. The third-order valence-corrected chi connectivity index (χ3v) is 4.66. The average Bonchev–Trinajstić information content (AvgIpc) is 3.00. The number of carboxylic acid groups (broad SMARTS) is 1. The number of aromatic carboxylic acids is 1. The van der Waals surface area contributed by atoms with E-state index < -0.39 is 15.8 Å². The predicted octanol–water partition coefficient (Wildman–Crippen LogP) is 2.64. The summed E-state index contributed by atoms with van der Waals surface area (Å²) in [6.45, 7) is 0. The second-order valence-electron chi connectivity index (χ2n) is 5.27. The van der Waals surface area contributed by atoms with Crippen LogP contribution < -0.4 is 0 Å². The Hall–Kier alpha value is -2.93. The van der Waals surface area contributed by atoms with E-state index in [0.29, 0.717) is 11.1 Å². The summed E-state index contributed by atoms with van der Waals surface area (Å²) in [5.41, 5.74) is 1.65. The number of aromatic nitrogens is 2. The van der Waals surface area contributed by atoms with E-state index in [1.807, 2.05) is 30.3 Å². The number of hydrogen-bond donors (Lipinski definition) is 1. The minimum Gasteiger partial charge on any atom is -0.476 e. The Morgan fingerprint density at radius 3 is 2.21 bits per heavy atom. The van der Waals surface area contributed by atoms with Gasteiger partial charge >= 0.3 is 5.97 Å². The van der Waals surface area contributed by atoms with Crippen LogP contribution in [0, 0.1) is 0 Å². The molecule has 0 saturated carbocycles. The van der Waals surface area contributed by atoms with Crippen molar-refractivity contribution >= 4 is 15.8 Å². The zero-order valence-corrected chi connectivity index (χ0v) is 13.6. The summed E-state index contributed by atoms with van der Waals surface area (Å²) in [5.74, 6) is -1.15. The maximum absolute atomic E-state index is 11.5. The first kappa shape index (κ1) is 15.9. The SMILES string of the molecule is CS(=O)(=O)c1ccc(-c2cn(-c3ccccc3)nc2C(=O)O)cc1. The maximum atomic E-state index is 11.5. The molecule has 6 nitrogen and oxygen atoms in total. The molecule has 0 radical (unpaired) electrons. The van der Waals surface area contributed by atoms with Crippen molar-refractivity contribution in [2.24, 2.45) is 0 Å². The van der Waals surface area contributed by atoms with Gasteiger partial charge in [-0.15, -0.1) is 0 Å². The molecule has 1 N–H and O–H groups in total. The molecule has 122 valence electrons. The zero-order chi connectivity index (χ0) is 17.3. The molecule has 0 unspecified atom stereocenters. The van der Waals surface area contributed by atoms with Gasteiger partial charge in [0, 0.05) is 18.0 Å². The molecule has 0 fully saturated rings. The number of carboxylic acids is 1. The fraction of sp³-hybridized carbons (Fsp3) is 0.0588. The minimum absolute atomic E-state index is 0.0917. The number of hydrogen-bond acceptors (Lipinski definition) is 4. The first-order valence-electron chi connectivity index (χ1n) is 7.05. The molecule has 0 amide bonds. The van der Waals surface area contributed by atoms with Crippen molar-refractivity contribution in [2.75, 3.05) is 6.26 Å². The van der Waals surface area contributed by atoms with Crippen LogP contribution in [-0.4, -0.2) is 35.5 Å². The van der Waals surface area contributed by atoms with Gasteiger partial charge in [-0.2, -0.15) is 5.10 Å². The van der Waals surface area contributed by atoms with Crippen LogP contribution >= 0.6 is 0 Å². The van der Waals surface area contributed by atoms with Crippen molar-refractivity contribution in [3.63, 3.8) is 0 Å². The summed E-state index contributed by atoms with van der Waals surface area (Å²) in [4.78, 5) is 11.7. The molecule has 2 aromatic carbocycles. The van der Waals surface area contributed by atoms with Crippen LogP contribution in [0.15, 0.2) is 65.7 Å². The zero-order valence-electron chi connectivity index (χ0n) is 12.7. The minimum atomic E-state index is -3.30. The normalized spacial score (nSPS) is 11.4. The van der Waals surface area contributed by atoms with Gasteiger partial charge in [-0.05, 0) is 29.8 Å². The van der Waals surface area contributed by atoms with Gasteiger partial charge in [-0.1, -0.05) is 30.3 Å². The number of nitrogens with zero attached hydrogens (tertiary/aromatic N) is 2. The molecule has 3 rings (SSSR count). The van der Waals surface area contributed by atoms with Crippen LogP contribution in [0.3, 0.4) is 0 Å². The van der Waals surface area contributed by atoms with Gasteiger partial charge in [0.1, 0.15) is 0 Å². The average molecular weight is 342 g/mol. The van der Waals surface area contributed by atoms with E-state index in [4.69, 9.17) is 0 Å². The lowest BCUT2D eigenvalue weighted by Crippen LogP contribution is -2.02. The summed E-state index contributed by atoms with van der Waals surface area (Å²) in [7, 11) is -3.30. The summed E-state index contributed by atoms with van der Waals surface area (Å²) < 4.78 is 24.6. The highest BCUT2D eigenvalue weighted by Crippen LogP contribution is 2.26. The molecule has 3 aromatic rings. The molecular formula is C17H14N2O4S. The molecule has 0 aliphatic carbocycles. The molecular weight excluding hydrogens is 328 g/mol. The number of benzene rings is 2. The molecule has 1 heterocycles. The van der Waals surface area contributed by atoms with Gasteiger partial charge in [0.15, 0.2) is 15.5 Å². The van der Waals surface area contributed by atoms with E-state index in [1.54, 1.807) is 18.3 Å². The quantitative estimate of drug-likeness (QED) is 0.787. The van der Waals surface area contributed by atoms with E-state index in [0.717, 1.165) is 11.9 Å². The standard InChI is InChI=1S/C17H14N2O4S/c1-24(22,23)14-9-7-12(8-10-14)15-11-19(18-16(15)17(20)21)13-5-3-2-4-6-13/h2-11H,1H3,(H,20,21). The summed E-state index contributed by atoms with van der Waals surface area (Å²) in [5, 5.41) is 13.5. The number of sulfone groups is 1. The van der Waals surface area contributed by atoms with Gasteiger partial charge in [-0.3, -0.25) is 0 Å². The Bertz CT molecular complexity index is 991. The topological polar surface area (TPSA) is 89.3 Å². The lowest BCUT2D eigenvalue weighted by molar-refractivity contribution is 0.0691. The molecule has 0 saturated heterocycles. The van der Waals surface area contributed by atoms with Crippen LogP contribution in [0.2, 0.25) is 0 Å². The van der Waals surface area contributed by atoms with Crippen LogP contribution in [0.5, 0.6) is 0 Å². The van der Waals surface area contributed by atoms with Crippen LogP contribution in [0.25, 0.3) is 16.8 Å². The number of para-hydroxylation sites is 1. The molecule has 0 aliphatic heterocycles. The third-order valence-electron chi connectivity index (χ3n) is 3.53. The van der Waals surface area contributed by atoms with Gasteiger partial charge in [-0.25, -0.2) is 17.9 Å². The van der Waals surface area contributed by atoms with Gasteiger partial charge in [0.05, 0.1) is 10.6 Å². The predicted molar refractivity (Wildman–Crippen MR) is 89.1 cm³/mol. The van der Waals surface area contributed by atoms with Crippen LogP contribution in [0.4, 0.5) is 0 Å². The second-order valence-corrected chi connectivity index (χ2v) is 7.29. The van der Waals surface area contributed by atoms with E-state index >= 15 is 0 Å². The Labute approximate surface area is 138 Å². The lowest BCUT2D eigenvalue weighted by Gasteiger charge is -2.02. The van der Waals surface area contributed by atoms with Crippen molar-refractivity contribution in [3.8, 4) is 16.8 Å². The van der Waals surface area contributed by atoms with Crippen molar-refractivity contribution in [1.82, 2.24) is 9.78 Å². The van der Waals surface area contributed by atoms with Crippen LogP contribution in [0.1, 0.15) is 10.5 Å². The van der Waals surface area contributed by atoms with Crippen molar-refractivity contribution in [3.05, 3.63) is 66.5 Å². The molecule has 0 spiro atoms. The molecule has 0 aliphatic rings. The smallest absolute Gasteiger partial charge is 0.357 e. The van der Waals surface area contributed by atoms with E-state index in [1.165, 1.54) is 16.8 Å². The monoisotopic (exact) mass is 342 g/mol. The van der Waals surface area contributed by atoms with Crippen LogP contribution in [-0.2, 0) is 9.84 Å². The fourth-order valence-corrected chi connectivity index (χ4v) is 2.97. The van der Waals surface area contributed by atoms with Crippen molar-refractivity contribution in [1.29, 1.82) is 0 Å². The summed E-state index contributed by atoms with van der Waals surface area (Å²) in [6.07, 6.45) is 2.74. The molecule has 0 bridgehead atoms. The summed E-state index contributed by atoms with van der Waals surface area (Å²) >= 11 is 0. The Kier molecular flexibility index (Phi) is 3.94. The van der Waals surface area contributed by atoms with Gasteiger partial charge in [0.25, 0.3) is 0 Å². The molecule has 7 heteroatoms. The van der Waals surface area contributed by atoms with E-state index in [2.05, 4.69) is 5.10 Å². The Balaban J connectivity index is 2.10. The Morgan fingerprint density at radius 1 is 1.04 bits per heavy atom. The second kappa shape index (κ2) is 5.93. The van der Waals surface area contributed by atoms with E-state index in [-0.39, 0.29) is 10.6 Å². The highest BCUT2D eigenvalue weighted by Gasteiger charge is 2.18. The lowest BCUT2D eigenvalue weighted by atomic mass is 10.1. The maximum Gasteiger partial charge on any atom is 0.357 e. The first-order valence-corrected chi connectivity index (χ1v) is 8.94.